The van der Waals surface area contributed by atoms with Crippen LogP contribution >= 0.6 is 0 Å². The fourth-order valence-corrected chi connectivity index (χ4v) is 5.16. The zero-order chi connectivity index (χ0) is 28.9. The third kappa shape index (κ3) is 4.17. The Morgan fingerprint density at radius 3 is 1.52 bits per heavy atom. The van der Waals surface area contributed by atoms with Crippen LogP contribution in [0.15, 0.2) is 48.7 Å². The monoisotopic (exact) mass is 544 g/mol. The molecule has 2 aromatic carbocycles. The van der Waals surface area contributed by atoms with E-state index in [-0.39, 0.29) is 52.4 Å². The SMILES string of the molecule is C=C1CCC(N2C(=O)c3cccc(N)c3C2=O)C(=O)N1.Nc1cccc2c1C(=O)N(C1CCC(=O)NC1=O)C2=O. The molecule has 0 aromatic heterocycles. The van der Waals surface area contributed by atoms with Crippen LogP contribution in [0.5, 0.6) is 0 Å². The number of nitrogens with two attached hydrogens (primary N) is 2. The van der Waals surface area contributed by atoms with Crippen LogP contribution in [0.25, 0.3) is 0 Å². The number of carbonyl (C=O) groups excluding carboxylic acids is 7. The van der Waals surface area contributed by atoms with Gasteiger partial charge in [-0.15, -0.1) is 0 Å². The summed E-state index contributed by atoms with van der Waals surface area (Å²) >= 11 is 0. The lowest BCUT2D eigenvalue weighted by Gasteiger charge is -2.29. The second-order valence-electron chi connectivity index (χ2n) is 9.61. The van der Waals surface area contributed by atoms with Crippen molar-refractivity contribution in [2.45, 2.75) is 37.8 Å². The van der Waals surface area contributed by atoms with Gasteiger partial charge in [0.15, 0.2) is 0 Å². The molecule has 4 aliphatic heterocycles. The van der Waals surface area contributed by atoms with E-state index in [1.165, 1.54) is 12.1 Å². The molecule has 13 nitrogen and oxygen atoms in total. The van der Waals surface area contributed by atoms with Gasteiger partial charge < -0.3 is 16.8 Å². The molecule has 2 unspecified atom stereocenters. The van der Waals surface area contributed by atoms with Gasteiger partial charge in [-0.1, -0.05) is 18.7 Å². The van der Waals surface area contributed by atoms with E-state index in [2.05, 4.69) is 17.2 Å². The number of benzene rings is 2. The number of nitrogens with one attached hydrogen (secondary N) is 2. The summed E-state index contributed by atoms with van der Waals surface area (Å²) in [5, 5.41) is 4.71. The zero-order valence-electron chi connectivity index (χ0n) is 21.1. The number of fused-ring (bicyclic) bond motifs is 2. The first kappa shape index (κ1) is 26.3. The second kappa shape index (κ2) is 9.76. The summed E-state index contributed by atoms with van der Waals surface area (Å²) in [5.74, 6) is -3.52. The van der Waals surface area contributed by atoms with E-state index in [9.17, 15) is 33.6 Å². The van der Waals surface area contributed by atoms with Crippen LogP contribution in [0.3, 0.4) is 0 Å². The lowest BCUT2D eigenvalue weighted by atomic mass is 10.0. The topological polar surface area (TPSA) is 202 Å². The Labute approximate surface area is 227 Å². The number of hydrogen-bond donors (Lipinski definition) is 4. The number of imide groups is 3. The number of allylic oxidation sites excluding steroid dienone is 1. The molecule has 7 amide bonds. The molecule has 0 saturated carbocycles. The van der Waals surface area contributed by atoms with Crippen LogP contribution < -0.4 is 22.1 Å². The van der Waals surface area contributed by atoms with Crippen molar-refractivity contribution in [1.29, 1.82) is 0 Å². The summed E-state index contributed by atoms with van der Waals surface area (Å²) in [6, 6.07) is 7.57. The minimum absolute atomic E-state index is 0.0965. The maximum Gasteiger partial charge on any atom is 0.264 e. The van der Waals surface area contributed by atoms with Crippen LogP contribution in [-0.4, -0.2) is 63.2 Å². The third-order valence-electron chi connectivity index (χ3n) is 7.11. The Morgan fingerprint density at radius 2 is 1.10 bits per heavy atom. The number of carbonyl (C=O) groups is 7. The van der Waals surface area contributed by atoms with E-state index < -0.39 is 47.5 Å². The van der Waals surface area contributed by atoms with Crippen molar-refractivity contribution in [1.82, 2.24) is 20.4 Å². The maximum absolute atomic E-state index is 12.4. The van der Waals surface area contributed by atoms with Crippen molar-refractivity contribution in [2.75, 3.05) is 11.5 Å². The predicted octanol–water partition coefficient (Wildman–Crippen LogP) is 0.327. The van der Waals surface area contributed by atoms with E-state index in [1.54, 1.807) is 24.3 Å². The quantitative estimate of drug-likeness (QED) is 0.303. The smallest absolute Gasteiger partial charge is 0.264 e. The molecule has 0 aliphatic carbocycles. The molecule has 204 valence electrons. The molecule has 6 rings (SSSR count). The molecular formula is C27H24N6O7. The maximum atomic E-state index is 12.4. The molecule has 6 N–H and O–H groups in total. The average molecular weight is 545 g/mol. The number of piperidine rings is 2. The zero-order valence-corrected chi connectivity index (χ0v) is 21.1. The summed E-state index contributed by atoms with van der Waals surface area (Å²) in [5.41, 5.74) is 13.3. The van der Waals surface area contributed by atoms with Crippen LogP contribution in [0, 0.1) is 0 Å². The van der Waals surface area contributed by atoms with Gasteiger partial charge in [-0.2, -0.15) is 0 Å². The van der Waals surface area contributed by atoms with Crippen LogP contribution in [0.1, 0.15) is 67.1 Å². The molecule has 40 heavy (non-hydrogen) atoms. The van der Waals surface area contributed by atoms with Gasteiger partial charge in [0.2, 0.25) is 17.7 Å². The summed E-state index contributed by atoms with van der Waals surface area (Å²) in [4.78, 5) is 86.1. The summed E-state index contributed by atoms with van der Waals surface area (Å²) < 4.78 is 0. The molecule has 13 heteroatoms. The van der Waals surface area contributed by atoms with Crippen molar-refractivity contribution in [3.8, 4) is 0 Å². The largest absolute Gasteiger partial charge is 0.398 e. The highest BCUT2D eigenvalue weighted by Gasteiger charge is 2.46. The highest BCUT2D eigenvalue weighted by molar-refractivity contribution is 6.26. The van der Waals surface area contributed by atoms with Crippen LogP contribution in [0.2, 0.25) is 0 Å². The number of nitrogens with zero attached hydrogens (tertiary/aromatic N) is 2. The molecule has 4 aliphatic rings. The van der Waals surface area contributed by atoms with Gasteiger partial charge in [0.05, 0.1) is 22.3 Å². The molecular weight excluding hydrogens is 520 g/mol. The van der Waals surface area contributed by atoms with Gasteiger partial charge >= 0.3 is 0 Å². The van der Waals surface area contributed by atoms with E-state index in [4.69, 9.17) is 11.5 Å². The van der Waals surface area contributed by atoms with E-state index in [0.29, 0.717) is 18.5 Å². The minimum atomic E-state index is -0.959. The molecule has 2 atom stereocenters. The Balaban J connectivity index is 0.000000161. The molecule has 2 saturated heterocycles. The first-order valence-electron chi connectivity index (χ1n) is 12.4. The first-order chi connectivity index (χ1) is 19.0. The van der Waals surface area contributed by atoms with Crippen molar-refractivity contribution in [3.05, 3.63) is 70.9 Å². The molecule has 0 radical (unpaired) electrons. The van der Waals surface area contributed by atoms with Gasteiger partial charge in [-0.25, -0.2) is 0 Å². The highest BCUT2D eigenvalue weighted by Crippen LogP contribution is 2.32. The van der Waals surface area contributed by atoms with Crippen LogP contribution in [0.4, 0.5) is 11.4 Å². The average Bonchev–Trinajstić information content (AvgIpc) is 3.31. The van der Waals surface area contributed by atoms with Gasteiger partial charge in [-0.3, -0.25) is 48.7 Å². The fraction of sp³-hybridized carbons (Fsp3) is 0.222. The van der Waals surface area contributed by atoms with Crippen LogP contribution in [-0.2, 0) is 14.4 Å². The molecule has 0 spiro atoms. The van der Waals surface area contributed by atoms with Gasteiger partial charge in [0.25, 0.3) is 23.6 Å². The number of rotatable bonds is 2. The lowest BCUT2D eigenvalue weighted by molar-refractivity contribution is -0.136. The normalized spacial score (nSPS) is 22.0. The third-order valence-corrected chi connectivity index (χ3v) is 7.11. The number of anilines is 2. The molecule has 4 heterocycles. The van der Waals surface area contributed by atoms with Gasteiger partial charge in [-0.05, 0) is 43.5 Å². The van der Waals surface area contributed by atoms with Crippen molar-refractivity contribution >= 4 is 52.7 Å². The van der Waals surface area contributed by atoms with E-state index >= 15 is 0 Å². The van der Waals surface area contributed by atoms with Crippen molar-refractivity contribution in [2.24, 2.45) is 0 Å². The highest BCUT2D eigenvalue weighted by atomic mass is 16.2. The fourth-order valence-electron chi connectivity index (χ4n) is 5.16. The first-order valence-corrected chi connectivity index (χ1v) is 12.4. The second-order valence-corrected chi connectivity index (χ2v) is 9.61. The summed E-state index contributed by atoms with van der Waals surface area (Å²) in [6.45, 7) is 3.68. The number of amides is 7. The van der Waals surface area contributed by atoms with Gasteiger partial charge in [0.1, 0.15) is 12.1 Å². The molecule has 2 fully saturated rings. The molecule has 0 bridgehead atoms. The van der Waals surface area contributed by atoms with E-state index in [0.717, 1.165) is 9.80 Å². The van der Waals surface area contributed by atoms with Crippen molar-refractivity contribution < 1.29 is 33.6 Å². The predicted molar refractivity (Wildman–Crippen MR) is 139 cm³/mol. The molecule has 2 aromatic rings. The lowest BCUT2D eigenvalue weighted by Crippen LogP contribution is -2.54. The standard InChI is InChI=1S/C14H13N3O3.C13H11N3O4/c1-7-5-6-10(12(18)16-7)17-13(19)8-3-2-4-9(15)11(8)14(17)20;14-7-3-1-2-6-10(7)13(20)16(12(6)19)8-4-5-9(17)15-11(8)18/h2-4,10H,1,5-6,15H2,(H,16,18);1-3,8H,4-5,14H2,(H,15,17,18). The Bertz CT molecular complexity index is 1450. The van der Waals surface area contributed by atoms with Gasteiger partial charge in [0, 0.05) is 23.5 Å². The Morgan fingerprint density at radius 1 is 0.650 bits per heavy atom. The Hall–Kier alpha value is -5.33. The minimum Gasteiger partial charge on any atom is -0.398 e. The number of nitrogen functional groups attached to an aromatic ring is 2. The van der Waals surface area contributed by atoms with E-state index in [1.807, 2.05) is 0 Å². The summed E-state index contributed by atoms with van der Waals surface area (Å²) in [6.07, 6.45) is 1.16. The summed E-state index contributed by atoms with van der Waals surface area (Å²) in [7, 11) is 0. The number of hydrogen-bond acceptors (Lipinski definition) is 9. The van der Waals surface area contributed by atoms with Crippen molar-refractivity contribution in [3.63, 3.8) is 0 Å². The Kier molecular flexibility index (Phi) is 6.42.